The highest BCUT2D eigenvalue weighted by atomic mass is 16.3. The molecule has 4 nitrogen and oxygen atoms in total. The molecule has 0 bridgehead atoms. The molecule has 0 amide bonds. The zero-order valence-electron chi connectivity index (χ0n) is 8.40. The summed E-state index contributed by atoms with van der Waals surface area (Å²) in [5.74, 6) is 0.0909. The van der Waals surface area contributed by atoms with Crippen molar-refractivity contribution in [3.63, 3.8) is 0 Å². The van der Waals surface area contributed by atoms with Gasteiger partial charge in [-0.15, -0.1) is 0 Å². The van der Waals surface area contributed by atoms with Gasteiger partial charge in [-0.25, -0.2) is 0 Å². The van der Waals surface area contributed by atoms with Gasteiger partial charge in [0.05, 0.1) is 6.61 Å². The van der Waals surface area contributed by atoms with Crippen LogP contribution in [0.25, 0.3) is 0 Å². The Hall–Kier alpha value is -1.52. The molecular weight excluding hydrogens is 194 g/mol. The van der Waals surface area contributed by atoms with Gasteiger partial charge in [0.15, 0.2) is 0 Å². The summed E-state index contributed by atoms with van der Waals surface area (Å²) in [5, 5.41) is 30.2. The summed E-state index contributed by atoms with van der Waals surface area (Å²) in [7, 11) is 0. The van der Waals surface area contributed by atoms with Crippen LogP contribution in [0.2, 0.25) is 0 Å². The van der Waals surface area contributed by atoms with Crippen LogP contribution in [0.15, 0.2) is 30.4 Å². The van der Waals surface area contributed by atoms with Crippen LogP contribution >= 0.6 is 0 Å². The summed E-state index contributed by atoms with van der Waals surface area (Å²) < 4.78 is 0. The Labute approximate surface area is 88.5 Å². The summed E-state index contributed by atoms with van der Waals surface area (Å²) in [4.78, 5) is 0. The standard InChI is InChI=1S/C11H15NO3/c1-8(7-13)5-12-6-9-2-3-10(14)4-11(9)15/h2-4,12-15H,1,5-7H2. The van der Waals surface area contributed by atoms with E-state index in [1.165, 1.54) is 12.1 Å². The Morgan fingerprint density at radius 1 is 1.33 bits per heavy atom. The van der Waals surface area contributed by atoms with Crippen LogP contribution in [0, 0.1) is 0 Å². The molecule has 15 heavy (non-hydrogen) atoms. The zero-order valence-corrected chi connectivity index (χ0v) is 8.40. The van der Waals surface area contributed by atoms with Crippen molar-refractivity contribution in [2.75, 3.05) is 13.2 Å². The van der Waals surface area contributed by atoms with E-state index in [1.54, 1.807) is 6.07 Å². The molecule has 0 heterocycles. The third kappa shape index (κ3) is 3.61. The van der Waals surface area contributed by atoms with Gasteiger partial charge in [0, 0.05) is 24.7 Å². The second-order valence-corrected chi connectivity index (χ2v) is 3.32. The molecule has 0 spiro atoms. The molecule has 0 aliphatic heterocycles. The number of hydrogen-bond acceptors (Lipinski definition) is 4. The first kappa shape index (κ1) is 11.6. The Morgan fingerprint density at radius 2 is 2.07 bits per heavy atom. The lowest BCUT2D eigenvalue weighted by molar-refractivity contribution is 0.327. The molecule has 82 valence electrons. The molecule has 1 aromatic rings. The van der Waals surface area contributed by atoms with Gasteiger partial charge >= 0.3 is 0 Å². The van der Waals surface area contributed by atoms with Crippen molar-refractivity contribution < 1.29 is 15.3 Å². The summed E-state index contributed by atoms with van der Waals surface area (Å²) in [6, 6.07) is 4.44. The molecule has 4 heteroatoms. The molecule has 0 radical (unpaired) electrons. The number of aromatic hydroxyl groups is 2. The third-order valence-electron chi connectivity index (χ3n) is 1.98. The van der Waals surface area contributed by atoms with Crippen molar-refractivity contribution in [3.05, 3.63) is 35.9 Å². The number of phenolic OH excluding ortho intramolecular Hbond substituents is 2. The number of phenols is 2. The molecule has 0 atom stereocenters. The van der Waals surface area contributed by atoms with Crippen LogP contribution in [0.5, 0.6) is 11.5 Å². The minimum absolute atomic E-state index is 0.0380. The van der Waals surface area contributed by atoms with E-state index < -0.39 is 0 Å². The van der Waals surface area contributed by atoms with E-state index >= 15 is 0 Å². The highest BCUT2D eigenvalue weighted by Gasteiger charge is 2.01. The topological polar surface area (TPSA) is 72.7 Å². The second-order valence-electron chi connectivity index (χ2n) is 3.32. The van der Waals surface area contributed by atoms with Crippen LogP contribution in [0.3, 0.4) is 0 Å². The fourth-order valence-electron chi connectivity index (χ4n) is 1.13. The molecule has 0 aromatic heterocycles. The molecule has 1 rings (SSSR count). The Kier molecular flexibility index (Phi) is 4.15. The molecular formula is C11H15NO3. The normalized spacial score (nSPS) is 10.2. The minimum atomic E-state index is -0.0471. The van der Waals surface area contributed by atoms with Gasteiger partial charge in [0.1, 0.15) is 11.5 Å². The van der Waals surface area contributed by atoms with Gasteiger partial charge < -0.3 is 20.6 Å². The quantitative estimate of drug-likeness (QED) is 0.540. The van der Waals surface area contributed by atoms with Gasteiger partial charge in [-0.1, -0.05) is 12.6 Å². The number of benzene rings is 1. The number of aliphatic hydroxyl groups excluding tert-OH is 1. The largest absolute Gasteiger partial charge is 0.508 e. The van der Waals surface area contributed by atoms with Crippen molar-refractivity contribution in [3.8, 4) is 11.5 Å². The third-order valence-corrected chi connectivity index (χ3v) is 1.98. The monoisotopic (exact) mass is 209 g/mol. The first-order valence-electron chi connectivity index (χ1n) is 4.62. The van der Waals surface area contributed by atoms with Crippen LogP contribution in [0.4, 0.5) is 0 Å². The van der Waals surface area contributed by atoms with E-state index in [1.807, 2.05) is 0 Å². The van der Waals surface area contributed by atoms with E-state index in [-0.39, 0.29) is 18.1 Å². The Balaban J connectivity index is 2.47. The first-order valence-corrected chi connectivity index (χ1v) is 4.62. The maximum Gasteiger partial charge on any atom is 0.123 e. The van der Waals surface area contributed by atoms with Crippen molar-refractivity contribution in [1.29, 1.82) is 0 Å². The highest BCUT2D eigenvalue weighted by Crippen LogP contribution is 2.22. The number of nitrogens with one attached hydrogen (secondary N) is 1. The number of hydrogen-bond donors (Lipinski definition) is 4. The Morgan fingerprint density at radius 3 is 2.67 bits per heavy atom. The van der Waals surface area contributed by atoms with Crippen LogP contribution < -0.4 is 5.32 Å². The van der Waals surface area contributed by atoms with E-state index in [9.17, 15) is 5.11 Å². The van der Waals surface area contributed by atoms with Crippen LogP contribution in [-0.4, -0.2) is 28.5 Å². The zero-order chi connectivity index (χ0) is 11.3. The molecule has 4 N–H and O–H groups in total. The number of rotatable bonds is 5. The molecule has 0 aliphatic rings. The van der Waals surface area contributed by atoms with Crippen molar-refractivity contribution in [2.45, 2.75) is 6.54 Å². The summed E-state index contributed by atoms with van der Waals surface area (Å²) >= 11 is 0. The van der Waals surface area contributed by atoms with Gasteiger partial charge in [-0.2, -0.15) is 0 Å². The van der Waals surface area contributed by atoms with E-state index in [4.69, 9.17) is 10.2 Å². The summed E-state index contributed by atoms with van der Waals surface area (Å²) in [5.41, 5.74) is 1.38. The van der Waals surface area contributed by atoms with Gasteiger partial charge in [-0.05, 0) is 11.6 Å². The van der Waals surface area contributed by atoms with E-state index in [0.29, 0.717) is 24.2 Å². The van der Waals surface area contributed by atoms with Gasteiger partial charge in [-0.3, -0.25) is 0 Å². The van der Waals surface area contributed by atoms with E-state index in [2.05, 4.69) is 11.9 Å². The fraction of sp³-hybridized carbons (Fsp3) is 0.273. The highest BCUT2D eigenvalue weighted by molar-refractivity contribution is 5.38. The lowest BCUT2D eigenvalue weighted by Gasteiger charge is -2.07. The van der Waals surface area contributed by atoms with Gasteiger partial charge in [0.25, 0.3) is 0 Å². The first-order chi connectivity index (χ1) is 7.13. The second kappa shape index (κ2) is 5.38. The fourth-order valence-corrected chi connectivity index (χ4v) is 1.13. The lowest BCUT2D eigenvalue weighted by atomic mass is 10.2. The van der Waals surface area contributed by atoms with Gasteiger partial charge in [0.2, 0.25) is 0 Å². The molecule has 0 saturated carbocycles. The average molecular weight is 209 g/mol. The lowest BCUT2D eigenvalue weighted by Crippen LogP contribution is -2.17. The minimum Gasteiger partial charge on any atom is -0.508 e. The van der Waals surface area contributed by atoms with E-state index in [0.717, 1.165) is 0 Å². The van der Waals surface area contributed by atoms with Crippen molar-refractivity contribution in [1.82, 2.24) is 5.32 Å². The summed E-state index contributed by atoms with van der Waals surface area (Å²) in [6.07, 6.45) is 0. The molecule has 0 saturated heterocycles. The smallest absolute Gasteiger partial charge is 0.123 e. The molecule has 0 unspecified atom stereocenters. The SMILES string of the molecule is C=C(CO)CNCc1ccc(O)cc1O. The van der Waals surface area contributed by atoms with Crippen LogP contribution in [0.1, 0.15) is 5.56 Å². The predicted octanol–water partition coefficient (Wildman–Crippen LogP) is 0.736. The molecule has 1 aromatic carbocycles. The average Bonchev–Trinajstić information content (AvgIpc) is 2.21. The van der Waals surface area contributed by atoms with Crippen LogP contribution in [-0.2, 0) is 6.54 Å². The number of aliphatic hydroxyl groups is 1. The Bertz CT molecular complexity index is 350. The van der Waals surface area contributed by atoms with Crippen molar-refractivity contribution >= 4 is 0 Å². The summed E-state index contributed by atoms with van der Waals surface area (Å²) in [6.45, 7) is 4.54. The maximum absolute atomic E-state index is 9.44. The molecule has 0 aliphatic carbocycles. The van der Waals surface area contributed by atoms with Crippen molar-refractivity contribution in [2.24, 2.45) is 0 Å². The molecule has 0 fully saturated rings. The maximum atomic E-state index is 9.44. The predicted molar refractivity (Wildman–Crippen MR) is 57.7 cm³/mol.